The number of nitrogens with zero attached hydrogens (tertiary/aromatic N) is 8. The molecule has 2 aliphatic rings. The number of aromatic nitrogens is 4. The van der Waals surface area contributed by atoms with Gasteiger partial charge in [0.05, 0.1) is 80.3 Å². The molecular formula is C43H38ClN11O6S2. The fourth-order valence-electron chi connectivity index (χ4n) is 6.58. The first-order valence-electron chi connectivity index (χ1n) is 18.6. The molecular weight excluding hydrogens is 866 g/mol. The van der Waals surface area contributed by atoms with Crippen molar-refractivity contribution in [3.63, 3.8) is 0 Å². The second-order valence-corrected chi connectivity index (χ2v) is 18.6. The zero-order valence-corrected chi connectivity index (χ0v) is 36.5. The quantitative estimate of drug-likeness (QED) is 0.103. The summed E-state index contributed by atoms with van der Waals surface area (Å²) in [6, 6.07) is 26.5. The molecule has 2 aromatic carbocycles. The third-order valence-electron chi connectivity index (χ3n) is 9.36. The van der Waals surface area contributed by atoms with Crippen molar-refractivity contribution >= 4 is 83.3 Å². The number of benzene rings is 2. The zero-order valence-electron chi connectivity index (χ0n) is 34.2. The van der Waals surface area contributed by atoms with E-state index in [4.69, 9.17) is 30.5 Å². The molecule has 17 nitrogen and oxygen atoms in total. The van der Waals surface area contributed by atoms with E-state index >= 15 is 0 Å². The minimum atomic E-state index is -3.47. The summed E-state index contributed by atoms with van der Waals surface area (Å²) in [6.07, 6.45) is 2.65. The summed E-state index contributed by atoms with van der Waals surface area (Å²) >= 11 is 6.02. The summed E-state index contributed by atoms with van der Waals surface area (Å²) in [4.78, 5) is 51.7. The van der Waals surface area contributed by atoms with E-state index in [1.54, 1.807) is 91.8 Å². The van der Waals surface area contributed by atoms with Crippen LogP contribution in [0, 0.1) is 13.1 Å². The van der Waals surface area contributed by atoms with Crippen molar-refractivity contribution in [1.82, 2.24) is 29.7 Å². The number of fused-ring (bicyclic) bond motifs is 2. The Morgan fingerprint density at radius 2 is 1.11 bits per heavy atom. The second-order valence-electron chi connectivity index (χ2n) is 14.2. The highest BCUT2D eigenvalue weighted by Crippen LogP contribution is 2.35. The average Bonchev–Trinajstić information content (AvgIpc) is 3.69. The predicted molar refractivity (Wildman–Crippen MR) is 239 cm³/mol. The van der Waals surface area contributed by atoms with Crippen LogP contribution in [0.5, 0.6) is 0 Å². The first-order chi connectivity index (χ1) is 29.9. The van der Waals surface area contributed by atoms with Gasteiger partial charge in [0.25, 0.3) is 23.5 Å². The number of pyridine rings is 4. The summed E-state index contributed by atoms with van der Waals surface area (Å²) in [6.45, 7) is 14.4. The van der Waals surface area contributed by atoms with Gasteiger partial charge in [-0.05, 0) is 54.6 Å². The van der Waals surface area contributed by atoms with Gasteiger partial charge in [0, 0.05) is 32.7 Å². The summed E-state index contributed by atoms with van der Waals surface area (Å²) in [5.41, 5.74) is 10.4. The molecule has 4 N–H and O–H groups in total. The Hall–Kier alpha value is -7.45. The Morgan fingerprint density at radius 3 is 1.60 bits per heavy atom. The van der Waals surface area contributed by atoms with Gasteiger partial charge in [-0.2, -0.15) is 0 Å². The van der Waals surface area contributed by atoms with Gasteiger partial charge in [-0.15, -0.1) is 9.97 Å². The van der Waals surface area contributed by atoms with Crippen molar-refractivity contribution in [3.05, 3.63) is 159 Å². The number of rotatable bonds is 8. The van der Waals surface area contributed by atoms with Gasteiger partial charge in [-0.1, -0.05) is 61.1 Å². The van der Waals surface area contributed by atoms with E-state index < -0.39 is 19.7 Å². The van der Waals surface area contributed by atoms with Crippen LogP contribution in [0.4, 0.5) is 40.2 Å². The fourth-order valence-corrected chi connectivity index (χ4v) is 8.48. The standard InChI is InChI=1S/C22H19N5O3S.C15H14ClN3O3S.C6H5N3/c1-23-20-10-6-7-14(25-20)11-15-12-17(21-18(24-15)13-27(2)22(21)28)26-16-8-4-5-9-19(16)31(3,29)30;1-19-8-11-14(15(19)20)10(7-13(16)18-11)17-9-5-3-4-6-12(9)23(2,21)22;1-8-6-4-2-3-5(7)9-6/h4-10,12H,11,13H2,2-3H3,(H,24,26);3-7H,8H2,1-2H3,(H,17,18);2-4H,(H2,7,9). The van der Waals surface area contributed by atoms with E-state index in [1.165, 1.54) is 23.1 Å². The lowest BCUT2D eigenvalue weighted by atomic mass is 10.1. The molecule has 0 saturated heterocycles. The molecule has 0 aliphatic carbocycles. The molecule has 0 bridgehead atoms. The molecule has 0 atom stereocenters. The number of carbonyl (C=O) groups is 2. The fraction of sp³-hybridized carbons (Fsp3) is 0.163. The van der Waals surface area contributed by atoms with Gasteiger partial charge in [-0.25, -0.2) is 21.8 Å². The van der Waals surface area contributed by atoms with Crippen LogP contribution in [0.1, 0.15) is 43.5 Å². The summed E-state index contributed by atoms with van der Waals surface area (Å²) in [7, 11) is -3.51. The number of nitrogens with two attached hydrogens (primary N) is 1. The second kappa shape index (κ2) is 18.7. The maximum absolute atomic E-state index is 12.7. The molecule has 8 rings (SSSR count). The van der Waals surface area contributed by atoms with Crippen molar-refractivity contribution < 1.29 is 26.4 Å². The van der Waals surface area contributed by atoms with Crippen LogP contribution in [-0.2, 0) is 39.2 Å². The van der Waals surface area contributed by atoms with E-state index in [2.05, 4.69) is 40.3 Å². The molecule has 0 unspecified atom stereocenters. The van der Waals surface area contributed by atoms with Gasteiger partial charge in [0.2, 0.25) is 5.82 Å². The van der Waals surface area contributed by atoms with E-state index in [0.717, 1.165) is 12.5 Å². The number of carbonyl (C=O) groups excluding carboxylic acids is 2. The first kappa shape index (κ1) is 45.1. The monoisotopic (exact) mass is 903 g/mol. The maximum atomic E-state index is 12.7. The van der Waals surface area contributed by atoms with Gasteiger partial charge in [0.15, 0.2) is 19.7 Å². The number of sulfone groups is 2. The van der Waals surface area contributed by atoms with Crippen molar-refractivity contribution in [2.24, 2.45) is 0 Å². The van der Waals surface area contributed by atoms with Gasteiger partial charge in [-0.3, -0.25) is 14.6 Å². The van der Waals surface area contributed by atoms with Gasteiger partial charge in [0.1, 0.15) is 10.8 Å². The topological polar surface area (TPSA) is 219 Å². The maximum Gasteiger partial charge on any atom is 0.271 e. The lowest BCUT2D eigenvalue weighted by Crippen LogP contribution is -2.18. The number of halogens is 1. The van der Waals surface area contributed by atoms with Crippen LogP contribution in [0.2, 0.25) is 5.15 Å². The smallest absolute Gasteiger partial charge is 0.271 e. The lowest BCUT2D eigenvalue weighted by Gasteiger charge is -2.14. The Labute approximate surface area is 369 Å². The molecule has 6 heterocycles. The van der Waals surface area contributed by atoms with Crippen molar-refractivity contribution in [2.45, 2.75) is 29.3 Å². The normalized spacial score (nSPS) is 12.7. The van der Waals surface area contributed by atoms with E-state index in [1.807, 2.05) is 6.07 Å². The Bertz CT molecular complexity index is 3100. The number of hydrogen-bond donors (Lipinski definition) is 3. The Balaban J connectivity index is 0.000000180. The van der Waals surface area contributed by atoms with Crippen LogP contribution in [0.15, 0.2) is 107 Å². The largest absolute Gasteiger partial charge is 0.364 e. The number of hydrogen-bond acceptors (Lipinski definition) is 13. The minimum absolute atomic E-state index is 0.146. The number of anilines is 5. The van der Waals surface area contributed by atoms with E-state index in [-0.39, 0.29) is 26.8 Å². The third-order valence-corrected chi connectivity index (χ3v) is 11.9. The highest BCUT2D eigenvalue weighted by atomic mass is 35.5. The van der Waals surface area contributed by atoms with Crippen molar-refractivity contribution in [2.75, 3.05) is 43.0 Å². The third kappa shape index (κ3) is 10.7. The highest BCUT2D eigenvalue weighted by Gasteiger charge is 2.32. The molecule has 0 saturated carbocycles. The number of nitrogens with one attached hydrogen (secondary N) is 2. The molecule has 0 fully saturated rings. The first-order valence-corrected chi connectivity index (χ1v) is 22.8. The van der Waals surface area contributed by atoms with Crippen LogP contribution in [0.25, 0.3) is 9.69 Å². The van der Waals surface area contributed by atoms with E-state index in [0.29, 0.717) is 93.6 Å². The van der Waals surface area contributed by atoms with Crippen molar-refractivity contribution in [1.29, 1.82) is 0 Å². The van der Waals surface area contributed by atoms with Crippen LogP contribution >= 0.6 is 11.6 Å². The average molecular weight is 904 g/mol. The van der Waals surface area contributed by atoms with Gasteiger partial charge >= 0.3 is 0 Å². The van der Waals surface area contributed by atoms with Crippen LogP contribution < -0.4 is 16.4 Å². The van der Waals surface area contributed by atoms with Crippen LogP contribution in [0.3, 0.4) is 0 Å². The van der Waals surface area contributed by atoms with E-state index in [9.17, 15) is 26.4 Å². The molecule has 0 spiro atoms. The summed E-state index contributed by atoms with van der Waals surface area (Å²) in [5.74, 6) is 0.678. The highest BCUT2D eigenvalue weighted by molar-refractivity contribution is 7.91. The molecule has 20 heteroatoms. The predicted octanol–water partition coefficient (Wildman–Crippen LogP) is 7.03. The molecule has 4 aromatic heterocycles. The van der Waals surface area contributed by atoms with Gasteiger partial charge < -0.3 is 35.9 Å². The van der Waals surface area contributed by atoms with Crippen LogP contribution in [-0.4, -0.2) is 85.0 Å². The zero-order chi connectivity index (χ0) is 45.6. The Morgan fingerprint density at radius 1 is 0.635 bits per heavy atom. The molecule has 320 valence electrons. The molecule has 6 aromatic rings. The summed E-state index contributed by atoms with van der Waals surface area (Å²) < 4.78 is 48.2. The number of para-hydroxylation sites is 2. The Kier molecular flexibility index (Phi) is 13.4. The minimum Gasteiger partial charge on any atom is -0.364 e. The van der Waals surface area contributed by atoms with Crippen molar-refractivity contribution in [3.8, 4) is 0 Å². The lowest BCUT2D eigenvalue weighted by molar-refractivity contribution is 0.0809. The summed E-state index contributed by atoms with van der Waals surface area (Å²) in [5, 5.41) is 6.41. The SMILES string of the molecule is CN1Cc2nc(Cl)cc(Nc3ccccc3S(C)(=O)=O)c2C1=O.[C-]#[N+]c1cccc(Cc2cc(Nc3ccccc3S(C)(=O)=O)c3c(n2)CN(C)C3=O)n1.[C-]#[N+]c1cccc(N)n1. The molecule has 0 radical (unpaired) electrons. The number of nitrogen functional groups attached to an aromatic ring is 1. The molecule has 63 heavy (non-hydrogen) atoms. The molecule has 2 amide bonds. The number of amides is 2. The molecule has 2 aliphatic heterocycles.